The van der Waals surface area contributed by atoms with Gasteiger partial charge in [-0.3, -0.25) is 9.59 Å². The molecule has 0 aliphatic carbocycles. The smallest absolute Gasteiger partial charge is 0.261 e. The largest absolute Gasteiger partial charge is 0.481 e. The molecule has 0 spiro atoms. The average molecular weight is 461 g/mol. The third-order valence-electron chi connectivity index (χ3n) is 6.16. The van der Waals surface area contributed by atoms with Crippen molar-refractivity contribution in [2.45, 2.75) is 45.4 Å². The lowest BCUT2D eigenvalue weighted by molar-refractivity contribution is -0.131. The number of nitrogens with one attached hydrogen (secondary N) is 1. The van der Waals surface area contributed by atoms with Crippen molar-refractivity contribution in [3.8, 4) is 5.75 Å². The van der Waals surface area contributed by atoms with Crippen molar-refractivity contribution in [1.82, 2.24) is 10.2 Å². The van der Waals surface area contributed by atoms with Crippen LogP contribution in [0, 0.1) is 5.82 Å². The maximum absolute atomic E-state index is 13.4. The van der Waals surface area contributed by atoms with E-state index in [1.165, 1.54) is 17.7 Å². The summed E-state index contributed by atoms with van der Waals surface area (Å²) in [6.07, 6.45) is 0.562. The number of ether oxygens (including phenoxy) is 1. The highest BCUT2D eigenvalue weighted by Crippen LogP contribution is 2.37. The number of hydrogen-bond acceptors (Lipinski definition) is 3. The van der Waals surface area contributed by atoms with Crippen LogP contribution in [0.1, 0.15) is 48.6 Å². The highest BCUT2D eigenvalue weighted by atomic mass is 19.1. The Morgan fingerprint density at radius 1 is 1.09 bits per heavy atom. The molecule has 4 rings (SSSR count). The van der Waals surface area contributed by atoms with Gasteiger partial charge in [-0.05, 0) is 59.4 Å². The molecule has 0 bridgehead atoms. The summed E-state index contributed by atoms with van der Waals surface area (Å²) in [6, 6.07) is 21.8. The molecule has 3 aromatic rings. The van der Waals surface area contributed by atoms with E-state index in [1.54, 1.807) is 19.1 Å². The van der Waals surface area contributed by atoms with E-state index in [0.29, 0.717) is 24.3 Å². The Morgan fingerprint density at radius 2 is 1.88 bits per heavy atom. The molecule has 0 saturated heterocycles. The Bertz CT molecular complexity index is 1170. The molecule has 3 aromatic carbocycles. The molecular formula is C28H29FN2O3. The Hall–Kier alpha value is -3.67. The van der Waals surface area contributed by atoms with Crippen LogP contribution in [0.15, 0.2) is 72.8 Å². The molecule has 0 unspecified atom stereocenters. The molecule has 6 heteroatoms. The van der Waals surface area contributed by atoms with Crippen LogP contribution in [0.4, 0.5) is 4.39 Å². The minimum Gasteiger partial charge on any atom is -0.481 e. The van der Waals surface area contributed by atoms with Gasteiger partial charge in [-0.1, -0.05) is 55.5 Å². The third-order valence-corrected chi connectivity index (χ3v) is 6.16. The molecule has 2 atom stereocenters. The van der Waals surface area contributed by atoms with E-state index in [-0.39, 0.29) is 30.2 Å². The first kappa shape index (κ1) is 23.5. The van der Waals surface area contributed by atoms with Crippen LogP contribution in [-0.4, -0.2) is 29.4 Å². The number of halogens is 1. The SMILES string of the molecule is CC[C@@H](Oc1ccc2c(c1)[C@@H](c1ccccc1)N(C(C)=O)CC2)C(=O)NCc1cccc(F)c1. The van der Waals surface area contributed by atoms with E-state index in [9.17, 15) is 14.0 Å². The fourth-order valence-corrected chi connectivity index (χ4v) is 4.44. The highest BCUT2D eigenvalue weighted by Gasteiger charge is 2.31. The third kappa shape index (κ3) is 5.28. The van der Waals surface area contributed by atoms with Crippen molar-refractivity contribution in [3.05, 3.63) is 101 Å². The average Bonchev–Trinajstić information content (AvgIpc) is 2.85. The molecule has 1 aliphatic heterocycles. The standard InChI is InChI=1S/C28H29FN2O3/c1-3-26(28(33)30-18-20-8-7-11-23(29)16-20)34-24-13-12-21-14-15-31(19(2)32)27(25(21)17-24)22-9-5-4-6-10-22/h4-13,16-17,26-27H,3,14-15,18H2,1-2H3,(H,30,33)/t26-,27-/m1/s1. The van der Waals surface area contributed by atoms with E-state index >= 15 is 0 Å². The lowest BCUT2D eigenvalue weighted by Gasteiger charge is -2.37. The minimum absolute atomic E-state index is 0.0222. The van der Waals surface area contributed by atoms with Crippen molar-refractivity contribution in [2.75, 3.05) is 6.54 Å². The monoisotopic (exact) mass is 460 g/mol. The lowest BCUT2D eigenvalue weighted by Crippen LogP contribution is -2.39. The maximum atomic E-state index is 13.4. The van der Waals surface area contributed by atoms with Crippen LogP contribution in [0.5, 0.6) is 5.75 Å². The van der Waals surface area contributed by atoms with Gasteiger partial charge in [-0.15, -0.1) is 0 Å². The second-order valence-electron chi connectivity index (χ2n) is 8.50. The van der Waals surface area contributed by atoms with Crippen molar-refractivity contribution < 1.29 is 18.7 Å². The summed E-state index contributed by atoms with van der Waals surface area (Å²) in [5.41, 5.74) is 3.91. The van der Waals surface area contributed by atoms with Crippen LogP contribution < -0.4 is 10.1 Å². The van der Waals surface area contributed by atoms with Gasteiger partial charge < -0.3 is 15.0 Å². The van der Waals surface area contributed by atoms with Gasteiger partial charge >= 0.3 is 0 Å². The van der Waals surface area contributed by atoms with E-state index < -0.39 is 6.10 Å². The Balaban J connectivity index is 1.54. The highest BCUT2D eigenvalue weighted by molar-refractivity contribution is 5.81. The summed E-state index contributed by atoms with van der Waals surface area (Å²) in [5.74, 6) is 0.0120. The maximum Gasteiger partial charge on any atom is 0.261 e. The summed E-state index contributed by atoms with van der Waals surface area (Å²) >= 11 is 0. The predicted molar refractivity (Wildman–Crippen MR) is 129 cm³/mol. The van der Waals surface area contributed by atoms with Crippen molar-refractivity contribution in [1.29, 1.82) is 0 Å². The van der Waals surface area contributed by atoms with Crippen LogP contribution in [0.25, 0.3) is 0 Å². The van der Waals surface area contributed by atoms with Crippen LogP contribution in [0.2, 0.25) is 0 Å². The summed E-state index contributed by atoms with van der Waals surface area (Å²) in [4.78, 5) is 27.1. The molecule has 0 fully saturated rings. The second-order valence-corrected chi connectivity index (χ2v) is 8.50. The first-order chi connectivity index (χ1) is 16.5. The van der Waals surface area contributed by atoms with Crippen molar-refractivity contribution in [3.63, 3.8) is 0 Å². The summed E-state index contributed by atoms with van der Waals surface area (Å²) in [5, 5.41) is 2.83. The van der Waals surface area contributed by atoms with Gasteiger partial charge in [0.2, 0.25) is 5.91 Å². The Kier molecular flexibility index (Phi) is 7.26. The molecule has 34 heavy (non-hydrogen) atoms. The number of benzene rings is 3. The predicted octanol–water partition coefficient (Wildman–Crippen LogP) is 4.79. The molecule has 1 N–H and O–H groups in total. The number of carbonyl (C=O) groups excluding carboxylic acids is 2. The Labute approximate surface area is 199 Å². The molecule has 0 radical (unpaired) electrons. The lowest BCUT2D eigenvalue weighted by atomic mass is 9.88. The molecule has 1 heterocycles. The van der Waals surface area contributed by atoms with Crippen LogP contribution >= 0.6 is 0 Å². The molecule has 2 amide bonds. The molecule has 0 saturated carbocycles. The number of amides is 2. The van der Waals surface area contributed by atoms with Gasteiger partial charge in [-0.2, -0.15) is 0 Å². The van der Waals surface area contributed by atoms with Crippen LogP contribution in [-0.2, 0) is 22.6 Å². The summed E-state index contributed by atoms with van der Waals surface area (Å²) < 4.78 is 19.5. The topological polar surface area (TPSA) is 58.6 Å². The molecule has 1 aliphatic rings. The van der Waals surface area contributed by atoms with E-state index in [0.717, 1.165) is 17.5 Å². The zero-order valence-electron chi connectivity index (χ0n) is 19.5. The second kappa shape index (κ2) is 10.5. The molecule has 5 nitrogen and oxygen atoms in total. The number of fused-ring (bicyclic) bond motifs is 1. The number of nitrogens with zero attached hydrogens (tertiary/aromatic N) is 1. The zero-order chi connectivity index (χ0) is 24.1. The minimum atomic E-state index is -0.686. The molecule has 176 valence electrons. The van der Waals surface area contributed by atoms with E-state index in [4.69, 9.17) is 4.74 Å². The van der Waals surface area contributed by atoms with Crippen molar-refractivity contribution >= 4 is 11.8 Å². The van der Waals surface area contributed by atoms with Gasteiger partial charge in [-0.25, -0.2) is 4.39 Å². The van der Waals surface area contributed by atoms with Gasteiger partial charge in [0.1, 0.15) is 11.6 Å². The summed E-state index contributed by atoms with van der Waals surface area (Å²) in [7, 11) is 0. The Morgan fingerprint density at radius 3 is 2.59 bits per heavy atom. The number of rotatable bonds is 7. The quantitative estimate of drug-likeness (QED) is 0.551. The summed E-state index contributed by atoms with van der Waals surface area (Å²) in [6.45, 7) is 4.36. The van der Waals surface area contributed by atoms with Crippen molar-refractivity contribution in [2.24, 2.45) is 0 Å². The number of hydrogen-bond donors (Lipinski definition) is 1. The van der Waals surface area contributed by atoms with Gasteiger partial charge in [0.25, 0.3) is 5.91 Å². The normalized spacial score (nSPS) is 15.9. The molecular weight excluding hydrogens is 431 g/mol. The fourth-order valence-electron chi connectivity index (χ4n) is 4.44. The van der Waals surface area contributed by atoms with Gasteiger partial charge in [0.05, 0.1) is 6.04 Å². The van der Waals surface area contributed by atoms with Crippen LogP contribution in [0.3, 0.4) is 0 Å². The zero-order valence-corrected chi connectivity index (χ0v) is 19.5. The molecule has 0 aromatic heterocycles. The van der Waals surface area contributed by atoms with Gasteiger partial charge in [0, 0.05) is 20.0 Å². The van der Waals surface area contributed by atoms with E-state index in [1.807, 2.05) is 60.4 Å². The fraction of sp³-hybridized carbons (Fsp3) is 0.286. The van der Waals surface area contributed by atoms with E-state index in [2.05, 4.69) is 5.32 Å². The number of carbonyl (C=O) groups is 2. The first-order valence-corrected chi connectivity index (χ1v) is 11.6. The van der Waals surface area contributed by atoms with Gasteiger partial charge in [0.15, 0.2) is 6.10 Å². The first-order valence-electron chi connectivity index (χ1n) is 11.6.